The van der Waals surface area contributed by atoms with E-state index in [2.05, 4.69) is 36.4 Å². The summed E-state index contributed by atoms with van der Waals surface area (Å²) in [6, 6.07) is 15.5. The van der Waals surface area contributed by atoms with Crippen LogP contribution in [0.2, 0.25) is 0 Å². The summed E-state index contributed by atoms with van der Waals surface area (Å²) in [7, 11) is 1.76. The molecule has 0 radical (unpaired) electrons. The second kappa shape index (κ2) is 8.26. The fourth-order valence-electron chi connectivity index (χ4n) is 5.20. The largest absolute Gasteiger partial charge is 0.496 e. The average Bonchev–Trinajstić information content (AvgIpc) is 3.14. The fraction of sp³-hybridized carbons (Fsp3) is 0.520. The van der Waals surface area contributed by atoms with E-state index in [-0.39, 0.29) is 12.1 Å². The summed E-state index contributed by atoms with van der Waals surface area (Å²) in [5, 5.41) is 9.54. The number of aliphatic hydroxyl groups excluding tert-OH is 1. The lowest BCUT2D eigenvalue weighted by molar-refractivity contribution is 0.198. The predicted molar refractivity (Wildman–Crippen MR) is 114 cm³/mol. The smallest absolute Gasteiger partial charge is 0.122 e. The van der Waals surface area contributed by atoms with E-state index >= 15 is 0 Å². The summed E-state index contributed by atoms with van der Waals surface area (Å²) in [6.45, 7) is 0.0995. The van der Waals surface area contributed by atoms with E-state index in [4.69, 9.17) is 10.5 Å². The molecule has 2 aromatic rings. The Bertz CT molecular complexity index is 818. The van der Waals surface area contributed by atoms with Crippen molar-refractivity contribution in [2.24, 2.45) is 11.7 Å². The fourth-order valence-corrected chi connectivity index (χ4v) is 5.20. The summed E-state index contributed by atoms with van der Waals surface area (Å²) in [4.78, 5) is 0. The maximum Gasteiger partial charge on any atom is 0.122 e. The van der Waals surface area contributed by atoms with Crippen LogP contribution in [0.15, 0.2) is 42.5 Å². The van der Waals surface area contributed by atoms with Gasteiger partial charge in [0.25, 0.3) is 0 Å². The highest BCUT2D eigenvalue weighted by Crippen LogP contribution is 2.41. The van der Waals surface area contributed by atoms with E-state index in [1.54, 1.807) is 7.11 Å². The van der Waals surface area contributed by atoms with Crippen molar-refractivity contribution in [1.82, 2.24) is 0 Å². The molecule has 1 fully saturated rings. The van der Waals surface area contributed by atoms with Gasteiger partial charge in [-0.3, -0.25) is 0 Å². The number of para-hydroxylation sites is 1. The van der Waals surface area contributed by atoms with E-state index in [0.29, 0.717) is 5.92 Å². The molecule has 3 atom stereocenters. The first kappa shape index (κ1) is 19.5. The third-order valence-corrected chi connectivity index (χ3v) is 7.01. The molecule has 2 aromatic carbocycles. The lowest BCUT2D eigenvalue weighted by Gasteiger charge is -2.26. The highest BCUT2D eigenvalue weighted by molar-refractivity contribution is 5.37. The quantitative estimate of drug-likeness (QED) is 0.783. The molecule has 0 amide bonds. The van der Waals surface area contributed by atoms with Gasteiger partial charge in [0.2, 0.25) is 0 Å². The van der Waals surface area contributed by atoms with E-state index in [0.717, 1.165) is 37.4 Å². The van der Waals surface area contributed by atoms with Crippen molar-refractivity contribution >= 4 is 0 Å². The standard InChI is InChI=1S/C25H33NO2/c1-28-24-5-3-2-4-19(24)8-6-18-7-9-21-15-22(11-10-20(21)14-18)23-12-13-25(26,16-23)17-27/h2-5,10-11,15,18,23,27H,6-9,12-14,16-17,26H2,1H3/t18?,23-,25-/m1/s1. The number of hydrogen-bond donors (Lipinski definition) is 2. The molecule has 0 aliphatic heterocycles. The number of methoxy groups -OCH3 is 1. The molecule has 3 heteroatoms. The molecule has 3 N–H and O–H groups in total. The molecule has 4 rings (SSSR count). The normalized spacial score (nSPS) is 26.8. The maximum absolute atomic E-state index is 9.54. The molecule has 1 unspecified atom stereocenters. The van der Waals surface area contributed by atoms with Gasteiger partial charge >= 0.3 is 0 Å². The van der Waals surface area contributed by atoms with Crippen LogP contribution in [0.4, 0.5) is 0 Å². The van der Waals surface area contributed by atoms with Crippen molar-refractivity contribution in [3.05, 3.63) is 64.7 Å². The number of rotatable bonds is 6. The monoisotopic (exact) mass is 379 g/mol. The minimum absolute atomic E-state index is 0.0995. The summed E-state index contributed by atoms with van der Waals surface area (Å²) in [6.07, 6.45) is 8.87. The van der Waals surface area contributed by atoms with E-state index in [9.17, 15) is 5.11 Å². The molecule has 0 heterocycles. The zero-order chi connectivity index (χ0) is 19.6. The maximum atomic E-state index is 9.54. The lowest BCUT2D eigenvalue weighted by Crippen LogP contribution is -2.40. The molecule has 0 saturated heterocycles. The van der Waals surface area contributed by atoms with Gasteiger partial charge in [-0.15, -0.1) is 0 Å². The SMILES string of the molecule is COc1ccccc1CCC1CCc2cc([C@@H]3CC[C@](N)(CO)C3)ccc2C1. The summed E-state index contributed by atoms with van der Waals surface area (Å²) in [5.41, 5.74) is 11.7. The zero-order valence-corrected chi connectivity index (χ0v) is 17.0. The highest BCUT2D eigenvalue weighted by Gasteiger charge is 2.36. The molecule has 3 nitrogen and oxygen atoms in total. The Labute approximate surface area is 168 Å². The van der Waals surface area contributed by atoms with Crippen molar-refractivity contribution in [3.63, 3.8) is 0 Å². The number of ether oxygens (including phenoxy) is 1. The van der Waals surface area contributed by atoms with Crippen molar-refractivity contribution < 1.29 is 9.84 Å². The first-order valence-electron chi connectivity index (χ1n) is 10.7. The number of benzene rings is 2. The lowest BCUT2D eigenvalue weighted by atomic mass is 9.79. The Morgan fingerprint density at radius 2 is 2.00 bits per heavy atom. The van der Waals surface area contributed by atoms with Crippen molar-refractivity contribution in [3.8, 4) is 5.75 Å². The van der Waals surface area contributed by atoms with Crippen molar-refractivity contribution in [2.75, 3.05) is 13.7 Å². The first-order chi connectivity index (χ1) is 13.6. The second-order valence-electron chi connectivity index (χ2n) is 8.95. The Balaban J connectivity index is 1.38. The van der Waals surface area contributed by atoms with Gasteiger partial charge < -0.3 is 15.6 Å². The minimum atomic E-state index is -0.371. The van der Waals surface area contributed by atoms with E-state index < -0.39 is 0 Å². The van der Waals surface area contributed by atoms with Crippen LogP contribution in [-0.4, -0.2) is 24.4 Å². The van der Waals surface area contributed by atoms with Crippen LogP contribution in [0.3, 0.4) is 0 Å². The topological polar surface area (TPSA) is 55.5 Å². The molecule has 2 aliphatic carbocycles. The number of nitrogens with two attached hydrogens (primary N) is 1. The zero-order valence-electron chi connectivity index (χ0n) is 17.0. The molecular formula is C25H33NO2. The van der Waals surface area contributed by atoms with Gasteiger partial charge in [0.1, 0.15) is 5.75 Å². The van der Waals surface area contributed by atoms with Gasteiger partial charge in [-0.1, -0.05) is 36.4 Å². The Kier molecular flexibility index (Phi) is 5.75. The third kappa shape index (κ3) is 4.11. The molecule has 2 aliphatic rings. The van der Waals surface area contributed by atoms with Crippen LogP contribution < -0.4 is 10.5 Å². The number of aryl methyl sites for hydroxylation is 2. The Morgan fingerprint density at radius 3 is 2.79 bits per heavy atom. The Hall–Kier alpha value is -1.84. The van der Waals surface area contributed by atoms with Crippen LogP contribution in [0.1, 0.15) is 60.3 Å². The van der Waals surface area contributed by atoms with Crippen molar-refractivity contribution in [2.45, 2.75) is 62.8 Å². The number of fused-ring (bicyclic) bond motifs is 1. The second-order valence-corrected chi connectivity index (χ2v) is 8.95. The average molecular weight is 380 g/mol. The molecule has 1 saturated carbocycles. The minimum Gasteiger partial charge on any atom is -0.496 e. The molecule has 0 bridgehead atoms. The summed E-state index contributed by atoms with van der Waals surface area (Å²) >= 11 is 0. The third-order valence-electron chi connectivity index (χ3n) is 7.01. The van der Waals surface area contributed by atoms with E-state index in [1.807, 2.05) is 6.07 Å². The molecular weight excluding hydrogens is 346 g/mol. The first-order valence-corrected chi connectivity index (χ1v) is 10.7. The van der Waals surface area contributed by atoms with Crippen LogP contribution in [0, 0.1) is 5.92 Å². The van der Waals surface area contributed by atoms with Gasteiger partial charge in [-0.25, -0.2) is 0 Å². The molecule has 28 heavy (non-hydrogen) atoms. The predicted octanol–water partition coefficient (Wildman–Crippen LogP) is 4.39. The van der Waals surface area contributed by atoms with Crippen LogP contribution >= 0.6 is 0 Å². The van der Waals surface area contributed by atoms with Crippen molar-refractivity contribution in [1.29, 1.82) is 0 Å². The Morgan fingerprint density at radius 1 is 1.14 bits per heavy atom. The van der Waals surface area contributed by atoms with Gasteiger partial charge in [0.05, 0.1) is 13.7 Å². The van der Waals surface area contributed by atoms with Crippen LogP contribution in [0.5, 0.6) is 5.75 Å². The van der Waals surface area contributed by atoms with Crippen LogP contribution in [-0.2, 0) is 19.3 Å². The summed E-state index contributed by atoms with van der Waals surface area (Å²) in [5.74, 6) is 2.27. The van der Waals surface area contributed by atoms with Gasteiger partial charge in [-0.2, -0.15) is 0 Å². The van der Waals surface area contributed by atoms with Gasteiger partial charge in [-0.05, 0) is 91.5 Å². The molecule has 0 aromatic heterocycles. The molecule has 150 valence electrons. The summed E-state index contributed by atoms with van der Waals surface area (Å²) < 4.78 is 5.50. The number of hydrogen-bond acceptors (Lipinski definition) is 3. The number of aliphatic hydroxyl groups is 1. The van der Waals surface area contributed by atoms with E-state index in [1.165, 1.54) is 47.9 Å². The van der Waals surface area contributed by atoms with Gasteiger partial charge in [0, 0.05) is 5.54 Å². The highest BCUT2D eigenvalue weighted by atomic mass is 16.5. The van der Waals surface area contributed by atoms with Gasteiger partial charge in [0.15, 0.2) is 0 Å². The van der Waals surface area contributed by atoms with Crippen LogP contribution in [0.25, 0.3) is 0 Å². The molecule has 0 spiro atoms.